The van der Waals surface area contributed by atoms with E-state index in [0.717, 1.165) is 11.3 Å². The molecule has 4 heteroatoms. The minimum Gasteiger partial charge on any atom is -0.383 e. The molecule has 1 aromatic carbocycles. The zero-order valence-corrected chi connectivity index (χ0v) is 10.2. The molecule has 4 nitrogen and oxygen atoms in total. The first-order valence-electron chi connectivity index (χ1n) is 5.66. The predicted octanol–water partition coefficient (Wildman–Crippen LogP) is 1.16. The van der Waals surface area contributed by atoms with Crippen molar-refractivity contribution in [2.45, 2.75) is 18.8 Å². The topological polar surface area (TPSA) is 59.3 Å². The molecule has 1 heterocycles. The van der Waals surface area contributed by atoms with Gasteiger partial charge in [-0.15, -0.1) is 0 Å². The standard InChI is InChI=1S/C13H18N3O/c1-10(9-17-2)15-13(14)8-7-11-5-3-4-6-12(11)16-13/h3-5,7-8,10,15-16H,9,14H2,1-2H3. The zero-order valence-electron chi connectivity index (χ0n) is 10.2. The Labute approximate surface area is 102 Å². The van der Waals surface area contributed by atoms with Crippen LogP contribution in [-0.2, 0) is 4.74 Å². The van der Waals surface area contributed by atoms with E-state index in [1.54, 1.807) is 7.11 Å². The number of methoxy groups -OCH3 is 1. The van der Waals surface area contributed by atoms with Crippen molar-refractivity contribution < 1.29 is 4.74 Å². The van der Waals surface area contributed by atoms with Crippen molar-refractivity contribution in [3.63, 3.8) is 0 Å². The number of benzene rings is 1. The SMILES string of the molecule is COCC(C)NC1(N)C=Cc2ccc[c]c2N1. The summed E-state index contributed by atoms with van der Waals surface area (Å²) in [6, 6.07) is 9.14. The maximum atomic E-state index is 6.22. The van der Waals surface area contributed by atoms with Gasteiger partial charge in [0.2, 0.25) is 0 Å². The lowest BCUT2D eigenvalue weighted by atomic mass is 10.1. The van der Waals surface area contributed by atoms with Gasteiger partial charge in [0.25, 0.3) is 0 Å². The molecule has 1 radical (unpaired) electrons. The molecule has 91 valence electrons. The molecule has 4 N–H and O–H groups in total. The van der Waals surface area contributed by atoms with Crippen molar-refractivity contribution in [3.05, 3.63) is 35.9 Å². The van der Waals surface area contributed by atoms with Crippen molar-refractivity contribution in [3.8, 4) is 0 Å². The normalized spacial score (nSPS) is 23.9. The van der Waals surface area contributed by atoms with Crippen molar-refractivity contribution >= 4 is 11.8 Å². The van der Waals surface area contributed by atoms with Crippen LogP contribution in [0.2, 0.25) is 0 Å². The van der Waals surface area contributed by atoms with E-state index >= 15 is 0 Å². The summed E-state index contributed by atoms with van der Waals surface area (Å²) in [6.07, 6.45) is 3.91. The van der Waals surface area contributed by atoms with E-state index in [2.05, 4.69) is 16.7 Å². The van der Waals surface area contributed by atoms with Crippen LogP contribution in [-0.4, -0.2) is 25.5 Å². The fourth-order valence-electron chi connectivity index (χ4n) is 1.95. The van der Waals surface area contributed by atoms with E-state index in [-0.39, 0.29) is 6.04 Å². The highest BCUT2D eigenvalue weighted by atomic mass is 16.5. The molecule has 1 aromatic rings. The second-order valence-corrected chi connectivity index (χ2v) is 4.33. The molecule has 0 saturated heterocycles. The molecule has 0 aliphatic carbocycles. The second-order valence-electron chi connectivity index (χ2n) is 4.33. The molecule has 0 bridgehead atoms. The molecule has 0 spiro atoms. The lowest BCUT2D eigenvalue weighted by molar-refractivity contribution is 0.162. The van der Waals surface area contributed by atoms with Crippen LogP contribution in [0.3, 0.4) is 0 Å². The highest BCUT2D eigenvalue weighted by molar-refractivity contribution is 5.71. The fourth-order valence-corrected chi connectivity index (χ4v) is 1.95. The van der Waals surface area contributed by atoms with Gasteiger partial charge in [0.05, 0.1) is 12.3 Å². The van der Waals surface area contributed by atoms with Crippen LogP contribution in [0.4, 0.5) is 5.69 Å². The quantitative estimate of drug-likeness (QED) is 0.682. The van der Waals surface area contributed by atoms with Gasteiger partial charge in [0.15, 0.2) is 5.79 Å². The summed E-state index contributed by atoms with van der Waals surface area (Å²) < 4.78 is 5.08. The van der Waals surface area contributed by atoms with Crippen LogP contribution in [0.25, 0.3) is 6.08 Å². The first-order chi connectivity index (χ1) is 8.13. The molecule has 2 atom stereocenters. The van der Waals surface area contributed by atoms with Gasteiger partial charge in [-0.2, -0.15) is 0 Å². The average Bonchev–Trinajstić information content (AvgIpc) is 2.28. The highest BCUT2D eigenvalue weighted by Gasteiger charge is 2.26. The number of para-hydroxylation sites is 1. The Kier molecular flexibility index (Phi) is 3.47. The van der Waals surface area contributed by atoms with E-state index in [1.165, 1.54) is 0 Å². The van der Waals surface area contributed by atoms with E-state index in [0.29, 0.717) is 6.61 Å². The predicted molar refractivity (Wildman–Crippen MR) is 69.3 cm³/mol. The summed E-state index contributed by atoms with van der Waals surface area (Å²) in [4.78, 5) is 0. The molecule has 0 saturated carbocycles. The van der Waals surface area contributed by atoms with Gasteiger partial charge in [-0.05, 0) is 18.6 Å². The molecular formula is C13H18N3O. The van der Waals surface area contributed by atoms with Crippen molar-refractivity contribution in [1.82, 2.24) is 5.32 Å². The maximum Gasteiger partial charge on any atom is 0.161 e. The molecule has 0 aromatic heterocycles. The van der Waals surface area contributed by atoms with Gasteiger partial charge in [-0.25, -0.2) is 0 Å². The Balaban J connectivity index is 2.10. The van der Waals surface area contributed by atoms with Gasteiger partial charge in [-0.3, -0.25) is 11.1 Å². The minimum atomic E-state index is -0.747. The largest absolute Gasteiger partial charge is 0.383 e. The molecule has 1 aliphatic heterocycles. The Morgan fingerprint density at radius 2 is 2.47 bits per heavy atom. The van der Waals surface area contributed by atoms with Gasteiger partial charge in [-0.1, -0.05) is 24.3 Å². The molecule has 0 fully saturated rings. The molecule has 2 rings (SSSR count). The summed E-state index contributed by atoms with van der Waals surface area (Å²) in [7, 11) is 1.68. The number of anilines is 1. The second kappa shape index (κ2) is 4.87. The summed E-state index contributed by atoms with van der Waals surface area (Å²) in [5.41, 5.74) is 8.22. The van der Waals surface area contributed by atoms with E-state index in [9.17, 15) is 0 Å². The highest BCUT2D eigenvalue weighted by Crippen LogP contribution is 2.23. The summed E-state index contributed by atoms with van der Waals surface area (Å²) in [5, 5.41) is 6.50. The maximum absolute atomic E-state index is 6.22. The lowest BCUT2D eigenvalue weighted by Gasteiger charge is -2.35. The van der Waals surface area contributed by atoms with Crippen LogP contribution >= 0.6 is 0 Å². The van der Waals surface area contributed by atoms with E-state index < -0.39 is 5.79 Å². The minimum absolute atomic E-state index is 0.160. The van der Waals surface area contributed by atoms with E-state index in [4.69, 9.17) is 10.5 Å². The molecular weight excluding hydrogens is 214 g/mol. The summed E-state index contributed by atoms with van der Waals surface area (Å²) in [6.45, 7) is 2.64. The number of fused-ring (bicyclic) bond motifs is 1. The smallest absolute Gasteiger partial charge is 0.161 e. The third-order valence-corrected chi connectivity index (χ3v) is 2.65. The van der Waals surface area contributed by atoms with Gasteiger partial charge in [0, 0.05) is 19.2 Å². The molecule has 1 aliphatic rings. The first-order valence-corrected chi connectivity index (χ1v) is 5.66. The Hall–Kier alpha value is -1.36. The molecule has 2 unspecified atom stereocenters. The zero-order chi connectivity index (χ0) is 12.3. The number of hydrogen-bond donors (Lipinski definition) is 3. The van der Waals surface area contributed by atoms with Crippen LogP contribution in [0.5, 0.6) is 0 Å². The first kappa shape index (κ1) is 12.1. The lowest BCUT2D eigenvalue weighted by Crippen LogP contribution is -2.62. The molecule has 0 amide bonds. The van der Waals surface area contributed by atoms with Crippen LogP contribution < -0.4 is 16.4 Å². The monoisotopic (exact) mass is 232 g/mol. The van der Waals surface area contributed by atoms with E-state index in [1.807, 2.05) is 37.3 Å². The summed E-state index contributed by atoms with van der Waals surface area (Å²) >= 11 is 0. The number of nitrogens with two attached hydrogens (primary N) is 1. The summed E-state index contributed by atoms with van der Waals surface area (Å²) in [5.74, 6) is -0.747. The van der Waals surface area contributed by atoms with Crippen molar-refractivity contribution in [2.24, 2.45) is 5.73 Å². The fraction of sp³-hybridized carbons (Fsp3) is 0.385. The molecule has 17 heavy (non-hydrogen) atoms. The number of nitrogens with one attached hydrogen (secondary N) is 2. The van der Waals surface area contributed by atoms with Crippen LogP contribution in [0.1, 0.15) is 12.5 Å². The van der Waals surface area contributed by atoms with Gasteiger partial charge in [0.1, 0.15) is 0 Å². The van der Waals surface area contributed by atoms with Gasteiger partial charge >= 0.3 is 0 Å². The number of rotatable bonds is 4. The Morgan fingerprint density at radius 1 is 1.65 bits per heavy atom. The average molecular weight is 232 g/mol. The third-order valence-electron chi connectivity index (χ3n) is 2.65. The van der Waals surface area contributed by atoms with Crippen LogP contribution in [0, 0.1) is 6.07 Å². The van der Waals surface area contributed by atoms with Crippen molar-refractivity contribution in [2.75, 3.05) is 19.0 Å². The third kappa shape index (κ3) is 2.85. The van der Waals surface area contributed by atoms with Crippen molar-refractivity contribution in [1.29, 1.82) is 0 Å². The Morgan fingerprint density at radius 3 is 3.24 bits per heavy atom. The Bertz CT molecular complexity index is 419. The number of ether oxygens (including phenoxy) is 1. The van der Waals surface area contributed by atoms with Crippen LogP contribution in [0.15, 0.2) is 24.3 Å². The van der Waals surface area contributed by atoms with Gasteiger partial charge < -0.3 is 10.1 Å². The number of hydrogen-bond acceptors (Lipinski definition) is 4.